The van der Waals surface area contributed by atoms with E-state index in [0.717, 1.165) is 45.2 Å². The molecule has 1 amide bonds. The smallest absolute Gasteiger partial charge is 0.245 e. The Kier molecular flexibility index (Phi) is 6.15. The predicted molar refractivity (Wildman–Crippen MR) is 123 cm³/mol. The molecule has 0 saturated heterocycles. The van der Waals surface area contributed by atoms with Gasteiger partial charge in [-0.1, -0.05) is 36.4 Å². The van der Waals surface area contributed by atoms with E-state index in [1.807, 2.05) is 54.9 Å². The molecule has 1 aliphatic rings. The van der Waals surface area contributed by atoms with Crippen LogP contribution < -0.4 is 10.6 Å². The molecule has 0 aliphatic carbocycles. The molecule has 2 aromatic heterocycles. The van der Waals surface area contributed by atoms with E-state index in [1.54, 1.807) is 23.6 Å². The number of allylic oxidation sites excluding steroid dienone is 1. The number of hydrogen-bond donors (Lipinski definition) is 2. The molecular formula is C24H22N4OS. The van der Waals surface area contributed by atoms with Crippen molar-refractivity contribution in [2.75, 3.05) is 6.54 Å². The number of aromatic nitrogens is 2. The highest BCUT2D eigenvalue weighted by Crippen LogP contribution is 2.27. The minimum Gasteiger partial charge on any atom is -0.358 e. The van der Waals surface area contributed by atoms with Crippen LogP contribution in [0.1, 0.15) is 30.2 Å². The average molecular weight is 415 g/mol. The molecule has 4 rings (SSSR count). The van der Waals surface area contributed by atoms with Gasteiger partial charge in [-0.05, 0) is 30.7 Å². The summed E-state index contributed by atoms with van der Waals surface area (Å²) in [6.45, 7) is 2.63. The molecule has 0 fully saturated rings. The molecule has 1 aromatic carbocycles. The Morgan fingerprint density at radius 2 is 2.07 bits per heavy atom. The second kappa shape index (κ2) is 9.33. The summed E-state index contributed by atoms with van der Waals surface area (Å²) in [6.07, 6.45) is 12.1. The van der Waals surface area contributed by atoms with Crippen LogP contribution >= 0.6 is 11.3 Å². The molecule has 0 unspecified atom stereocenters. The van der Waals surface area contributed by atoms with Crippen LogP contribution in [0.5, 0.6) is 0 Å². The first kappa shape index (κ1) is 19.8. The predicted octanol–water partition coefficient (Wildman–Crippen LogP) is 4.73. The second-order valence-electron chi connectivity index (χ2n) is 6.77. The van der Waals surface area contributed by atoms with Gasteiger partial charge in [0, 0.05) is 59.3 Å². The number of nitrogens with zero attached hydrogens (tertiary/aromatic N) is 2. The fourth-order valence-corrected chi connectivity index (χ4v) is 3.95. The van der Waals surface area contributed by atoms with Gasteiger partial charge in [-0.2, -0.15) is 0 Å². The first-order chi connectivity index (χ1) is 14.7. The maximum Gasteiger partial charge on any atom is 0.245 e. The summed E-state index contributed by atoms with van der Waals surface area (Å²) in [5.74, 6) is -0.0588. The molecule has 0 spiro atoms. The summed E-state index contributed by atoms with van der Waals surface area (Å²) in [4.78, 5) is 20.5. The topological polar surface area (TPSA) is 66.9 Å². The lowest BCUT2D eigenvalue weighted by molar-refractivity contribution is -0.116. The van der Waals surface area contributed by atoms with Crippen LogP contribution in [0.25, 0.3) is 28.4 Å². The normalized spacial score (nSPS) is 14.5. The van der Waals surface area contributed by atoms with Gasteiger partial charge in [0.25, 0.3) is 0 Å². The Hall–Kier alpha value is -3.51. The third kappa shape index (κ3) is 4.72. The number of thiazole rings is 1. The van der Waals surface area contributed by atoms with Crippen LogP contribution in [0.4, 0.5) is 0 Å². The Balaban J connectivity index is 1.56. The van der Waals surface area contributed by atoms with E-state index >= 15 is 0 Å². The van der Waals surface area contributed by atoms with Gasteiger partial charge in [0.15, 0.2) is 0 Å². The van der Waals surface area contributed by atoms with Crippen molar-refractivity contribution in [1.29, 1.82) is 0 Å². The van der Waals surface area contributed by atoms with E-state index in [1.165, 1.54) is 0 Å². The van der Waals surface area contributed by atoms with Crippen LogP contribution in [0.3, 0.4) is 0 Å². The lowest BCUT2D eigenvalue weighted by Gasteiger charge is -2.18. The van der Waals surface area contributed by atoms with E-state index in [-0.39, 0.29) is 5.91 Å². The van der Waals surface area contributed by atoms with Crippen molar-refractivity contribution in [3.8, 4) is 10.6 Å². The van der Waals surface area contributed by atoms with Crippen LogP contribution in [-0.2, 0) is 4.79 Å². The standard InChI is InChI=1S/C24H22N4OS/c1-2-22(28-20-10-12-26-23(29)16-20)18-9-11-25-19(15-18)8-7-17-5-3-4-6-21(17)24-27-13-14-30-24/h2-9,11,13-16,28H,10,12H2,1H3,(H,26,29)/b8-7+,22-2-. The first-order valence-corrected chi connectivity index (χ1v) is 10.7. The molecule has 5 nitrogen and oxygen atoms in total. The van der Waals surface area contributed by atoms with Crippen molar-refractivity contribution >= 4 is 35.1 Å². The fourth-order valence-electron chi connectivity index (χ4n) is 3.26. The highest BCUT2D eigenvalue weighted by atomic mass is 32.1. The Labute approximate surface area is 179 Å². The van der Waals surface area contributed by atoms with E-state index < -0.39 is 0 Å². The van der Waals surface area contributed by atoms with Gasteiger partial charge in [0.2, 0.25) is 5.91 Å². The zero-order valence-corrected chi connectivity index (χ0v) is 17.4. The van der Waals surface area contributed by atoms with E-state index in [9.17, 15) is 4.79 Å². The zero-order valence-electron chi connectivity index (χ0n) is 16.6. The molecule has 150 valence electrons. The SMILES string of the molecule is C/C=C(\NC1=CC(=O)NCC1)c1ccnc(/C=C/c2ccccc2-c2nccs2)c1. The quantitative estimate of drug-likeness (QED) is 0.612. The molecule has 2 N–H and O–H groups in total. The Morgan fingerprint density at radius 1 is 1.17 bits per heavy atom. The molecular weight excluding hydrogens is 392 g/mol. The van der Waals surface area contributed by atoms with Crippen molar-refractivity contribution in [3.63, 3.8) is 0 Å². The lowest BCUT2D eigenvalue weighted by Crippen LogP contribution is -2.30. The van der Waals surface area contributed by atoms with Gasteiger partial charge in [-0.15, -0.1) is 11.3 Å². The molecule has 0 bridgehead atoms. The monoisotopic (exact) mass is 414 g/mol. The van der Waals surface area contributed by atoms with Crippen molar-refractivity contribution in [2.45, 2.75) is 13.3 Å². The molecule has 30 heavy (non-hydrogen) atoms. The number of nitrogens with one attached hydrogen (secondary N) is 2. The maximum atomic E-state index is 11.6. The second-order valence-corrected chi connectivity index (χ2v) is 7.66. The molecule has 0 atom stereocenters. The average Bonchev–Trinajstić information content (AvgIpc) is 3.31. The molecule has 3 heterocycles. The molecule has 6 heteroatoms. The van der Waals surface area contributed by atoms with Crippen LogP contribution in [0.2, 0.25) is 0 Å². The van der Waals surface area contributed by atoms with Gasteiger partial charge in [0.1, 0.15) is 5.01 Å². The van der Waals surface area contributed by atoms with Gasteiger partial charge < -0.3 is 10.6 Å². The van der Waals surface area contributed by atoms with Gasteiger partial charge in [0.05, 0.1) is 5.69 Å². The van der Waals surface area contributed by atoms with Crippen LogP contribution in [-0.4, -0.2) is 22.4 Å². The largest absolute Gasteiger partial charge is 0.358 e. The highest BCUT2D eigenvalue weighted by Gasteiger charge is 2.11. The minimum absolute atomic E-state index is 0.0588. The number of carbonyl (C=O) groups is 1. The number of rotatable bonds is 6. The number of hydrogen-bond acceptors (Lipinski definition) is 5. The summed E-state index contributed by atoms with van der Waals surface area (Å²) >= 11 is 1.63. The van der Waals surface area contributed by atoms with Crippen molar-refractivity contribution in [3.05, 3.63) is 88.8 Å². The number of pyridine rings is 1. The van der Waals surface area contributed by atoms with Gasteiger partial charge in [-0.25, -0.2) is 4.98 Å². The summed E-state index contributed by atoms with van der Waals surface area (Å²) in [6, 6.07) is 12.2. The molecule has 0 saturated carbocycles. The molecule has 0 radical (unpaired) electrons. The van der Waals surface area contributed by atoms with E-state index in [4.69, 9.17) is 0 Å². The lowest BCUT2D eigenvalue weighted by atomic mass is 10.1. The summed E-state index contributed by atoms with van der Waals surface area (Å²) in [5, 5.41) is 9.17. The first-order valence-electron chi connectivity index (χ1n) is 9.78. The van der Waals surface area contributed by atoms with Crippen molar-refractivity contribution < 1.29 is 4.79 Å². The zero-order chi connectivity index (χ0) is 20.8. The van der Waals surface area contributed by atoms with E-state index in [2.05, 4.69) is 38.8 Å². The highest BCUT2D eigenvalue weighted by molar-refractivity contribution is 7.13. The van der Waals surface area contributed by atoms with Crippen LogP contribution in [0.15, 0.2) is 72.0 Å². The molecule has 3 aromatic rings. The summed E-state index contributed by atoms with van der Waals surface area (Å²) in [5.41, 5.74) is 5.96. The van der Waals surface area contributed by atoms with E-state index in [0.29, 0.717) is 6.54 Å². The number of benzene rings is 1. The number of carbonyl (C=O) groups excluding carboxylic acids is 1. The molecule has 1 aliphatic heterocycles. The van der Waals surface area contributed by atoms with Crippen molar-refractivity contribution in [1.82, 2.24) is 20.6 Å². The third-order valence-corrected chi connectivity index (χ3v) is 5.54. The van der Waals surface area contributed by atoms with Gasteiger partial charge >= 0.3 is 0 Å². The third-order valence-electron chi connectivity index (χ3n) is 4.73. The van der Waals surface area contributed by atoms with Gasteiger partial charge in [-0.3, -0.25) is 9.78 Å². The fraction of sp³-hybridized carbons (Fsp3) is 0.125. The van der Waals surface area contributed by atoms with Crippen molar-refractivity contribution in [2.24, 2.45) is 0 Å². The Bertz CT molecular complexity index is 1130. The Morgan fingerprint density at radius 3 is 2.87 bits per heavy atom. The maximum absolute atomic E-state index is 11.6. The van der Waals surface area contributed by atoms with Crippen LogP contribution in [0, 0.1) is 0 Å². The summed E-state index contributed by atoms with van der Waals surface area (Å²) < 4.78 is 0. The number of amides is 1. The summed E-state index contributed by atoms with van der Waals surface area (Å²) in [7, 11) is 0. The minimum atomic E-state index is -0.0588.